The Morgan fingerprint density at radius 3 is 2.58 bits per heavy atom. The third kappa shape index (κ3) is 3.74. The van der Waals surface area contributed by atoms with Gasteiger partial charge in [-0.2, -0.15) is 0 Å². The summed E-state index contributed by atoms with van der Waals surface area (Å²) >= 11 is 0. The molecule has 0 bridgehead atoms. The summed E-state index contributed by atoms with van der Waals surface area (Å²) in [6, 6.07) is 0. The first-order chi connectivity index (χ1) is 11.6. The highest BCUT2D eigenvalue weighted by atomic mass is 16.2. The molecule has 1 aromatic rings. The fraction of sp³-hybridized carbons (Fsp3) is 0.667. The highest BCUT2D eigenvalue weighted by Crippen LogP contribution is 2.34. The molecule has 1 aliphatic heterocycles. The molecule has 2 heterocycles. The molecule has 1 saturated carbocycles. The number of hydrogen-bond donors (Lipinski definition) is 1. The van der Waals surface area contributed by atoms with Crippen LogP contribution in [0.15, 0.2) is 6.20 Å². The van der Waals surface area contributed by atoms with Crippen molar-refractivity contribution in [2.75, 3.05) is 19.6 Å². The van der Waals surface area contributed by atoms with Crippen molar-refractivity contribution in [1.82, 2.24) is 20.2 Å². The predicted molar refractivity (Wildman–Crippen MR) is 90.7 cm³/mol. The highest BCUT2D eigenvalue weighted by molar-refractivity contribution is 5.95. The van der Waals surface area contributed by atoms with Crippen molar-refractivity contribution < 1.29 is 9.59 Å². The van der Waals surface area contributed by atoms with Crippen LogP contribution in [0, 0.1) is 12.8 Å². The summed E-state index contributed by atoms with van der Waals surface area (Å²) in [6.07, 6.45) is 6.36. The Kier molecular flexibility index (Phi) is 5.11. The number of aromatic nitrogens is 2. The molecule has 2 amide bonds. The number of rotatable bonds is 5. The molecule has 1 aromatic heterocycles. The molecule has 130 valence electrons. The van der Waals surface area contributed by atoms with Gasteiger partial charge in [0.2, 0.25) is 5.91 Å². The largest absolute Gasteiger partial charge is 0.352 e. The molecule has 1 aliphatic carbocycles. The van der Waals surface area contributed by atoms with E-state index in [-0.39, 0.29) is 17.7 Å². The molecule has 1 saturated heterocycles. The van der Waals surface area contributed by atoms with Gasteiger partial charge in [0.05, 0.1) is 11.3 Å². The summed E-state index contributed by atoms with van der Waals surface area (Å²) in [4.78, 5) is 35.3. The van der Waals surface area contributed by atoms with Gasteiger partial charge in [-0.1, -0.05) is 6.92 Å². The van der Waals surface area contributed by atoms with E-state index in [0.717, 1.165) is 50.9 Å². The van der Waals surface area contributed by atoms with Gasteiger partial charge in [0.25, 0.3) is 5.91 Å². The molecule has 24 heavy (non-hydrogen) atoms. The van der Waals surface area contributed by atoms with Gasteiger partial charge in [0.1, 0.15) is 5.82 Å². The number of nitrogens with one attached hydrogen (secondary N) is 1. The third-order valence-electron chi connectivity index (χ3n) is 4.84. The van der Waals surface area contributed by atoms with Crippen LogP contribution >= 0.6 is 0 Å². The van der Waals surface area contributed by atoms with Crippen LogP contribution in [0.2, 0.25) is 0 Å². The fourth-order valence-electron chi connectivity index (χ4n) is 3.27. The van der Waals surface area contributed by atoms with E-state index in [1.54, 1.807) is 6.20 Å². The van der Waals surface area contributed by atoms with Crippen LogP contribution in [0.3, 0.4) is 0 Å². The zero-order valence-electron chi connectivity index (χ0n) is 14.5. The molecule has 0 spiro atoms. The number of amides is 2. The van der Waals surface area contributed by atoms with Gasteiger partial charge in [-0.25, -0.2) is 9.97 Å². The Bertz CT molecular complexity index is 619. The number of aryl methyl sites for hydroxylation is 1. The number of nitrogens with zero attached hydrogens (tertiary/aromatic N) is 3. The lowest BCUT2D eigenvalue weighted by Crippen LogP contribution is -2.39. The molecular weight excluding hydrogens is 304 g/mol. The van der Waals surface area contributed by atoms with Gasteiger partial charge >= 0.3 is 0 Å². The lowest BCUT2D eigenvalue weighted by atomic mass is 9.90. The Hall–Kier alpha value is -1.98. The summed E-state index contributed by atoms with van der Waals surface area (Å²) in [5.74, 6) is 1.40. The van der Waals surface area contributed by atoms with Gasteiger partial charge in [-0.15, -0.1) is 0 Å². The monoisotopic (exact) mass is 330 g/mol. The molecule has 0 radical (unpaired) electrons. The van der Waals surface area contributed by atoms with Crippen molar-refractivity contribution in [2.45, 2.75) is 51.9 Å². The van der Waals surface area contributed by atoms with Crippen LogP contribution in [0.5, 0.6) is 0 Å². The van der Waals surface area contributed by atoms with Crippen molar-refractivity contribution in [3.05, 3.63) is 23.3 Å². The van der Waals surface area contributed by atoms with Crippen LogP contribution in [0.1, 0.15) is 66.8 Å². The standard InChI is InChI=1S/C18H26N4O2/c1-3-8-19-17(23)15-11-20-12(2)21-16(15)13-6-9-22(10-7-13)18(24)14-4-5-14/h11,13-14H,3-10H2,1-2H3,(H,19,23). The van der Waals surface area contributed by atoms with Crippen molar-refractivity contribution in [3.63, 3.8) is 0 Å². The molecule has 0 aromatic carbocycles. The van der Waals surface area contributed by atoms with E-state index in [0.29, 0.717) is 23.8 Å². The van der Waals surface area contributed by atoms with Crippen molar-refractivity contribution >= 4 is 11.8 Å². The molecule has 2 fully saturated rings. The van der Waals surface area contributed by atoms with Crippen molar-refractivity contribution in [2.24, 2.45) is 5.92 Å². The average Bonchev–Trinajstić information content (AvgIpc) is 3.44. The summed E-state index contributed by atoms with van der Waals surface area (Å²) in [7, 11) is 0. The number of likely N-dealkylation sites (tertiary alicyclic amines) is 1. The molecule has 1 N–H and O–H groups in total. The second kappa shape index (κ2) is 7.28. The van der Waals surface area contributed by atoms with Gasteiger partial charge in [0.15, 0.2) is 0 Å². The number of carbonyl (C=O) groups excluding carboxylic acids is 2. The van der Waals surface area contributed by atoms with E-state index in [1.807, 2.05) is 18.7 Å². The quantitative estimate of drug-likeness (QED) is 0.896. The van der Waals surface area contributed by atoms with Gasteiger partial charge in [-0.3, -0.25) is 9.59 Å². The maximum atomic E-state index is 12.4. The fourth-order valence-corrected chi connectivity index (χ4v) is 3.27. The average molecular weight is 330 g/mol. The van der Waals surface area contributed by atoms with Gasteiger partial charge in [0, 0.05) is 37.7 Å². The minimum atomic E-state index is -0.0941. The lowest BCUT2D eigenvalue weighted by Gasteiger charge is -2.32. The molecule has 6 heteroatoms. The first-order valence-corrected chi connectivity index (χ1v) is 9.00. The maximum absolute atomic E-state index is 12.4. The highest BCUT2D eigenvalue weighted by Gasteiger charge is 2.35. The van der Waals surface area contributed by atoms with Crippen LogP contribution in [0.25, 0.3) is 0 Å². The second-order valence-electron chi connectivity index (χ2n) is 6.85. The Morgan fingerprint density at radius 1 is 1.25 bits per heavy atom. The van der Waals surface area contributed by atoms with Gasteiger partial charge < -0.3 is 10.2 Å². The van der Waals surface area contributed by atoms with Gasteiger partial charge in [-0.05, 0) is 39.0 Å². The summed E-state index contributed by atoms with van der Waals surface area (Å²) in [5, 5.41) is 2.91. The topological polar surface area (TPSA) is 75.2 Å². The second-order valence-corrected chi connectivity index (χ2v) is 6.85. The zero-order chi connectivity index (χ0) is 17.1. The molecule has 3 rings (SSSR count). The van der Waals surface area contributed by atoms with Crippen molar-refractivity contribution in [3.8, 4) is 0 Å². The van der Waals surface area contributed by atoms with E-state index >= 15 is 0 Å². The van der Waals surface area contributed by atoms with Crippen LogP contribution in [-0.2, 0) is 4.79 Å². The SMILES string of the molecule is CCCNC(=O)c1cnc(C)nc1C1CCN(C(=O)C2CC2)CC1. The molecule has 6 nitrogen and oxygen atoms in total. The number of piperidine rings is 1. The van der Waals surface area contributed by atoms with Crippen LogP contribution in [0.4, 0.5) is 0 Å². The summed E-state index contributed by atoms with van der Waals surface area (Å²) < 4.78 is 0. The Morgan fingerprint density at radius 2 is 1.96 bits per heavy atom. The van der Waals surface area contributed by atoms with Crippen LogP contribution in [-0.4, -0.2) is 46.3 Å². The van der Waals surface area contributed by atoms with E-state index in [9.17, 15) is 9.59 Å². The Balaban J connectivity index is 1.70. The predicted octanol–water partition coefficient (Wildman–Crippen LogP) is 2.04. The van der Waals surface area contributed by atoms with E-state index in [2.05, 4.69) is 15.3 Å². The zero-order valence-corrected chi connectivity index (χ0v) is 14.5. The maximum Gasteiger partial charge on any atom is 0.254 e. The van der Waals surface area contributed by atoms with E-state index < -0.39 is 0 Å². The first kappa shape index (κ1) is 16.9. The molecule has 2 aliphatic rings. The summed E-state index contributed by atoms with van der Waals surface area (Å²) in [6.45, 7) is 6.06. The van der Waals surface area contributed by atoms with Crippen LogP contribution < -0.4 is 5.32 Å². The number of hydrogen-bond acceptors (Lipinski definition) is 4. The molecular formula is C18H26N4O2. The lowest BCUT2D eigenvalue weighted by molar-refractivity contribution is -0.133. The molecule has 0 atom stereocenters. The first-order valence-electron chi connectivity index (χ1n) is 9.00. The third-order valence-corrected chi connectivity index (χ3v) is 4.84. The number of carbonyl (C=O) groups is 2. The van der Waals surface area contributed by atoms with Crippen molar-refractivity contribution in [1.29, 1.82) is 0 Å². The normalized spacial score (nSPS) is 18.5. The minimum Gasteiger partial charge on any atom is -0.352 e. The molecule has 0 unspecified atom stereocenters. The van der Waals surface area contributed by atoms with E-state index in [4.69, 9.17) is 0 Å². The minimum absolute atomic E-state index is 0.0941. The smallest absolute Gasteiger partial charge is 0.254 e. The van der Waals surface area contributed by atoms with E-state index in [1.165, 1.54) is 0 Å². The summed E-state index contributed by atoms with van der Waals surface area (Å²) in [5.41, 5.74) is 1.43. The Labute approximate surface area is 143 Å².